The molecular weight excluding hydrogens is 133 g/mol. The molecule has 0 saturated carbocycles. The molecule has 0 aliphatic heterocycles. The first-order valence-electron chi connectivity index (χ1n) is 3.81. The van der Waals surface area contributed by atoms with Gasteiger partial charge in [0.1, 0.15) is 0 Å². The third-order valence-corrected chi connectivity index (χ3v) is 1.59. The molecule has 0 saturated heterocycles. The Bertz CT molecular complexity index is 191. The van der Waals surface area contributed by atoms with Crippen LogP contribution >= 0.6 is 0 Å². The van der Waals surface area contributed by atoms with Crippen molar-refractivity contribution >= 4 is 8.41 Å². The van der Waals surface area contributed by atoms with Crippen molar-refractivity contribution in [3.05, 3.63) is 29.6 Å². The Balaban J connectivity index is 0.000001000. The Morgan fingerprint density at radius 3 is 1.91 bits per heavy atom. The van der Waals surface area contributed by atoms with Gasteiger partial charge in [0.25, 0.3) is 0 Å². The van der Waals surface area contributed by atoms with Crippen LogP contribution in [0.1, 0.15) is 25.2 Å². The van der Waals surface area contributed by atoms with E-state index in [0.29, 0.717) is 0 Å². The first-order valence-corrected chi connectivity index (χ1v) is 3.81. The van der Waals surface area contributed by atoms with Gasteiger partial charge >= 0.3 is 0 Å². The fourth-order valence-electron chi connectivity index (χ4n) is 0.923. The molecule has 1 nitrogen and oxygen atoms in total. The van der Waals surface area contributed by atoms with Gasteiger partial charge in [-0.25, -0.2) is 0 Å². The largest absolute Gasteiger partial charge is 0.258 e. The van der Waals surface area contributed by atoms with Gasteiger partial charge in [-0.3, -0.25) is 4.98 Å². The van der Waals surface area contributed by atoms with Gasteiger partial charge in [0.05, 0.1) is 0 Å². The van der Waals surface area contributed by atoms with Gasteiger partial charge in [0.15, 0.2) is 0 Å². The fourth-order valence-corrected chi connectivity index (χ4v) is 0.923. The molecule has 3 radical (unpaired) electrons. The summed E-state index contributed by atoms with van der Waals surface area (Å²) >= 11 is 0. The molecule has 57 valence electrons. The van der Waals surface area contributed by atoms with Crippen LogP contribution in [-0.4, -0.2) is 13.4 Å². The van der Waals surface area contributed by atoms with Gasteiger partial charge in [-0.1, -0.05) is 19.9 Å². The highest BCUT2D eigenvalue weighted by Crippen LogP contribution is 1.99. The number of hydrogen-bond acceptors (Lipinski definition) is 1. The van der Waals surface area contributed by atoms with Crippen LogP contribution in [0.15, 0.2) is 18.2 Å². The summed E-state index contributed by atoms with van der Waals surface area (Å²) in [6.45, 7) is 4.25. The molecule has 11 heavy (non-hydrogen) atoms. The minimum absolute atomic E-state index is 0. The number of aromatic nitrogens is 1. The normalized spacial score (nSPS) is 8.91. The topological polar surface area (TPSA) is 12.9 Å². The van der Waals surface area contributed by atoms with Crippen molar-refractivity contribution in [1.82, 2.24) is 4.98 Å². The molecule has 0 amide bonds. The molecule has 0 spiro atoms. The summed E-state index contributed by atoms with van der Waals surface area (Å²) in [5.41, 5.74) is 2.39. The second-order valence-electron chi connectivity index (χ2n) is 2.33. The van der Waals surface area contributed by atoms with Crippen LogP contribution in [0.25, 0.3) is 0 Å². The van der Waals surface area contributed by atoms with Crippen LogP contribution < -0.4 is 0 Å². The fraction of sp³-hybridized carbons (Fsp3) is 0.444. The SMILES string of the molecule is CCc1cccc(CC)n1.[B]. The van der Waals surface area contributed by atoms with Crippen molar-refractivity contribution in [2.24, 2.45) is 0 Å². The Hall–Kier alpha value is -0.785. The monoisotopic (exact) mass is 146 g/mol. The molecule has 2 heteroatoms. The van der Waals surface area contributed by atoms with Gasteiger partial charge in [-0.05, 0) is 25.0 Å². The predicted octanol–water partition coefficient (Wildman–Crippen LogP) is 1.83. The molecule has 1 aromatic rings. The maximum Gasteiger partial charge on any atom is 0.0404 e. The molecular formula is C9H13BN. The van der Waals surface area contributed by atoms with Crippen molar-refractivity contribution in [2.45, 2.75) is 26.7 Å². The van der Waals surface area contributed by atoms with E-state index in [1.54, 1.807) is 0 Å². The summed E-state index contributed by atoms with van der Waals surface area (Å²) in [7, 11) is 0. The third kappa shape index (κ3) is 2.75. The van der Waals surface area contributed by atoms with E-state index >= 15 is 0 Å². The summed E-state index contributed by atoms with van der Waals surface area (Å²) in [5, 5.41) is 0. The minimum atomic E-state index is 0. The molecule has 0 aliphatic carbocycles. The van der Waals surface area contributed by atoms with Gasteiger partial charge in [0, 0.05) is 19.8 Å². The summed E-state index contributed by atoms with van der Waals surface area (Å²) in [4.78, 5) is 4.41. The van der Waals surface area contributed by atoms with Crippen LogP contribution in [0, 0.1) is 0 Å². The molecule has 0 aromatic carbocycles. The molecule has 0 bridgehead atoms. The lowest BCUT2D eigenvalue weighted by atomic mass is 10.2. The second kappa shape index (κ2) is 4.94. The average molecular weight is 146 g/mol. The Kier molecular flexibility index (Phi) is 4.59. The maximum atomic E-state index is 4.41. The van der Waals surface area contributed by atoms with E-state index in [2.05, 4.69) is 37.0 Å². The van der Waals surface area contributed by atoms with E-state index < -0.39 is 0 Å². The summed E-state index contributed by atoms with van der Waals surface area (Å²) in [5.74, 6) is 0. The Morgan fingerprint density at radius 2 is 1.55 bits per heavy atom. The standard InChI is InChI=1S/C9H13N.B/c1-3-8-6-5-7-9(4-2)10-8;/h5-7H,3-4H2,1-2H3;. The number of aryl methyl sites for hydroxylation is 2. The van der Waals surface area contributed by atoms with E-state index in [-0.39, 0.29) is 8.41 Å². The summed E-state index contributed by atoms with van der Waals surface area (Å²) < 4.78 is 0. The van der Waals surface area contributed by atoms with Gasteiger partial charge in [-0.15, -0.1) is 0 Å². The van der Waals surface area contributed by atoms with Crippen molar-refractivity contribution in [3.63, 3.8) is 0 Å². The van der Waals surface area contributed by atoms with E-state index in [4.69, 9.17) is 0 Å². The summed E-state index contributed by atoms with van der Waals surface area (Å²) in [6, 6.07) is 6.21. The van der Waals surface area contributed by atoms with Gasteiger partial charge in [0.2, 0.25) is 0 Å². The predicted molar refractivity (Wildman–Crippen MR) is 48.7 cm³/mol. The van der Waals surface area contributed by atoms with Crippen LogP contribution in [0.3, 0.4) is 0 Å². The van der Waals surface area contributed by atoms with E-state index in [0.717, 1.165) is 12.8 Å². The zero-order valence-electron chi connectivity index (χ0n) is 7.17. The van der Waals surface area contributed by atoms with Crippen molar-refractivity contribution in [3.8, 4) is 0 Å². The zero-order valence-corrected chi connectivity index (χ0v) is 7.17. The van der Waals surface area contributed by atoms with E-state index in [9.17, 15) is 0 Å². The first kappa shape index (κ1) is 10.2. The molecule has 1 aromatic heterocycles. The lowest BCUT2D eigenvalue weighted by molar-refractivity contribution is 0.955. The molecule has 0 aliphatic rings. The quantitative estimate of drug-likeness (QED) is 0.580. The molecule has 0 unspecified atom stereocenters. The Labute approximate surface area is 70.4 Å². The number of pyridine rings is 1. The zero-order chi connectivity index (χ0) is 7.40. The number of rotatable bonds is 2. The van der Waals surface area contributed by atoms with Gasteiger partial charge in [-0.2, -0.15) is 0 Å². The lowest BCUT2D eigenvalue weighted by Gasteiger charge is -1.97. The van der Waals surface area contributed by atoms with Crippen LogP contribution in [0.2, 0.25) is 0 Å². The second-order valence-corrected chi connectivity index (χ2v) is 2.33. The highest BCUT2D eigenvalue weighted by molar-refractivity contribution is 5.75. The van der Waals surface area contributed by atoms with Crippen LogP contribution in [0.5, 0.6) is 0 Å². The van der Waals surface area contributed by atoms with E-state index in [1.165, 1.54) is 11.4 Å². The molecule has 1 heterocycles. The first-order chi connectivity index (χ1) is 4.86. The number of hydrogen-bond donors (Lipinski definition) is 0. The third-order valence-electron chi connectivity index (χ3n) is 1.59. The minimum Gasteiger partial charge on any atom is -0.258 e. The van der Waals surface area contributed by atoms with Crippen molar-refractivity contribution < 1.29 is 0 Å². The van der Waals surface area contributed by atoms with Gasteiger partial charge < -0.3 is 0 Å². The smallest absolute Gasteiger partial charge is 0.0404 e. The molecule has 0 fully saturated rings. The van der Waals surface area contributed by atoms with Crippen LogP contribution in [0.4, 0.5) is 0 Å². The molecule has 0 atom stereocenters. The van der Waals surface area contributed by atoms with Crippen molar-refractivity contribution in [2.75, 3.05) is 0 Å². The summed E-state index contributed by atoms with van der Waals surface area (Å²) in [6.07, 6.45) is 2.07. The highest BCUT2D eigenvalue weighted by atomic mass is 14.7. The lowest BCUT2D eigenvalue weighted by Crippen LogP contribution is -1.91. The van der Waals surface area contributed by atoms with Crippen molar-refractivity contribution in [1.29, 1.82) is 0 Å². The van der Waals surface area contributed by atoms with Crippen LogP contribution in [-0.2, 0) is 12.8 Å². The average Bonchev–Trinajstić information content (AvgIpc) is 2.05. The maximum absolute atomic E-state index is 4.41. The van der Waals surface area contributed by atoms with E-state index in [1.807, 2.05) is 0 Å². The number of nitrogens with zero attached hydrogens (tertiary/aromatic N) is 1. The highest BCUT2D eigenvalue weighted by Gasteiger charge is 1.91. The Morgan fingerprint density at radius 1 is 1.09 bits per heavy atom. The molecule has 0 N–H and O–H groups in total. The molecule has 1 rings (SSSR count).